The Hall–Kier alpha value is -3.87. The zero-order valence-corrected chi connectivity index (χ0v) is 15.7. The van der Waals surface area contributed by atoms with E-state index in [1.807, 2.05) is 59.4 Å². The van der Waals surface area contributed by atoms with Crippen LogP contribution in [0.3, 0.4) is 0 Å². The van der Waals surface area contributed by atoms with Gasteiger partial charge in [0.25, 0.3) is 0 Å². The normalized spacial score (nSPS) is 11.3. The number of fused-ring (bicyclic) bond motifs is 3. The second-order valence-electron chi connectivity index (χ2n) is 6.86. The Morgan fingerprint density at radius 3 is 2.76 bits per heavy atom. The predicted molar refractivity (Wildman–Crippen MR) is 114 cm³/mol. The Bertz CT molecular complexity index is 1260. The van der Waals surface area contributed by atoms with Gasteiger partial charge in [0.05, 0.1) is 17.8 Å². The Morgan fingerprint density at radius 1 is 1.03 bits per heavy atom. The highest BCUT2D eigenvalue weighted by molar-refractivity contribution is 6.08. The number of ether oxygens (including phenoxy) is 1. The number of anilines is 1. The van der Waals surface area contributed by atoms with E-state index in [0.29, 0.717) is 12.4 Å². The fourth-order valence-electron chi connectivity index (χ4n) is 3.47. The summed E-state index contributed by atoms with van der Waals surface area (Å²) < 4.78 is 7.67. The van der Waals surface area contributed by atoms with Crippen LogP contribution in [0.1, 0.15) is 6.42 Å². The first-order valence-corrected chi connectivity index (χ1v) is 9.52. The van der Waals surface area contributed by atoms with Crippen LogP contribution in [-0.2, 0) is 6.54 Å². The summed E-state index contributed by atoms with van der Waals surface area (Å²) in [5.74, 6) is 1.32. The van der Waals surface area contributed by atoms with Crippen molar-refractivity contribution >= 4 is 27.6 Å². The molecule has 0 bridgehead atoms. The van der Waals surface area contributed by atoms with Crippen LogP contribution < -0.4 is 10.5 Å². The lowest BCUT2D eigenvalue weighted by Gasteiger charge is -2.05. The van der Waals surface area contributed by atoms with E-state index in [9.17, 15) is 0 Å². The number of nitrogens with zero attached hydrogens (tertiary/aromatic N) is 4. The van der Waals surface area contributed by atoms with Crippen LogP contribution in [0, 0.1) is 0 Å². The van der Waals surface area contributed by atoms with E-state index < -0.39 is 0 Å². The van der Waals surface area contributed by atoms with Crippen LogP contribution in [-0.4, -0.2) is 31.6 Å². The van der Waals surface area contributed by atoms with Crippen molar-refractivity contribution in [1.29, 1.82) is 0 Å². The molecule has 0 unspecified atom stereocenters. The highest BCUT2D eigenvalue weighted by Crippen LogP contribution is 2.30. The van der Waals surface area contributed by atoms with Gasteiger partial charge in [-0.2, -0.15) is 10.2 Å². The molecular formula is C22H20N6O. The number of rotatable bonds is 6. The highest BCUT2D eigenvalue weighted by Gasteiger charge is 2.12. The molecule has 5 rings (SSSR count). The van der Waals surface area contributed by atoms with Crippen molar-refractivity contribution in [3.8, 4) is 17.0 Å². The van der Waals surface area contributed by atoms with Crippen LogP contribution in [0.5, 0.6) is 5.75 Å². The summed E-state index contributed by atoms with van der Waals surface area (Å²) in [4.78, 5) is 4.56. The molecule has 7 nitrogen and oxygen atoms in total. The third-order valence-electron chi connectivity index (χ3n) is 4.87. The molecular weight excluding hydrogens is 364 g/mol. The standard InChI is InChI=1S/C22H20N6O/c23-22-21-18(14-28(27-21)11-4-12-29-16-5-2-1-3-6-16)17-8-7-15(13-20(17)25-22)19-9-10-24-26-19/h1-3,5-10,13-14H,4,11-12H2,(H2,23,25)(H,24,26). The lowest BCUT2D eigenvalue weighted by atomic mass is 10.1. The van der Waals surface area contributed by atoms with Gasteiger partial charge in [-0.1, -0.05) is 30.3 Å². The minimum Gasteiger partial charge on any atom is -0.494 e. The van der Waals surface area contributed by atoms with E-state index in [1.54, 1.807) is 6.20 Å². The molecule has 0 fully saturated rings. The van der Waals surface area contributed by atoms with E-state index in [0.717, 1.165) is 51.8 Å². The molecule has 29 heavy (non-hydrogen) atoms. The third kappa shape index (κ3) is 3.38. The summed E-state index contributed by atoms with van der Waals surface area (Å²) >= 11 is 0. The van der Waals surface area contributed by atoms with Crippen molar-refractivity contribution in [3.05, 3.63) is 67.0 Å². The number of aromatic nitrogens is 5. The van der Waals surface area contributed by atoms with Gasteiger partial charge in [0.2, 0.25) is 0 Å². The Labute approximate surface area is 167 Å². The molecule has 3 N–H and O–H groups in total. The quantitative estimate of drug-likeness (QED) is 0.431. The molecule has 0 radical (unpaired) electrons. The summed E-state index contributed by atoms with van der Waals surface area (Å²) in [6, 6.07) is 17.9. The maximum Gasteiger partial charge on any atom is 0.152 e. The van der Waals surface area contributed by atoms with Gasteiger partial charge in [0.1, 0.15) is 11.3 Å². The average Bonchev–Trinajstić information content (AvgIpc) is 3.42. The van der Waals surface area contributed by atoms with Crippen LogP contribution in [0.2, 0.25) is 0 Å². The number of nitrogens with two attached hydrogens (primary N) is 1. The van der Waals surface area contributed by atoms with E-state index >= 15 is 0 Å². The number of nitrogen functional groups attached to an aromatic ring is 1. The fourth-order valence-corrected chi connectivity index (χ4v) is 3.47. The third-order valence-corrected chi connectivity index (χ3v) is 4.87. The summed E-state index contributed by atoms with van der Waals surface area (Å²) in [6.45, 7) is 1.37. The number of hydrogen-bond acceptors (Lipinski definition) is 5. The van der Waals surface area contributed by atoms with E-state index in [2.05, 4.69) is 26.3 Å². The Balaban J connectivity index is 1.38. The Morgan fingerprint density at radius 2 is 1.93 bits per heavy atom. The number of para-hydroxylation sites is 1. The van der Waals surface area contributed by atoms with Crippen LogP contribution in [0.4, 0.5) is 5.82 Å². The predicted octanol–water partition coefficient (Wildman–Crippen LogP) is 4.03. The minimum absolute atomic E-state index is 0.436. The fraction of sp³-hybridized carbons (Fsp3) is 0.136. The number of nitrogens with one attached hydrogen (secondary N) is 1. The molecule has 5 aromatic rings. The summed E-state index contributed by atoms with van der Waals surface area (Å²) in [5.41, 5.74) is 9.64. The number of H-pyrrole nitrogens is 1. The SMILES string of the molecule is Nc1nc2cc(-c3cc[nH]n3)ccc2c2cn(CCCOc3ccccc3)nc12. The van der Waals surface area contributed by atoms with Crippen molar-refractivity contribution in [2.45, 2.75) is 13.0 Å². The molecule has 0 saturated carbocycles. The van der Waals surface area contributed by atoms with Crippen LogP contribution in [0.25, 0.3) is 33.1 Å². The van der Waals surface area contributed by atoms with Gasteiger partial charge in [-0.25, -0.2) is 4.98 Å². The first-order valence-electron chi connectivity index (χ1n) is 9.52. The highest BCUT2D eigenvalue weighted by atomic mass is 16.5. The van der Waals surface area contributed by atoms with Gasteiger partial charge >= 0.3 is 0 Å². The van der Waals surface area contributed by atoms with Gasteiger partial charge < -0.3 is 10.5 Å². The van der Waals surface area contributed by atoms with Gasteiger partial charge in [-0.05, 0) is 24.3 Å². The first-order chi connectivity index (χ1) is 14.3. The molecule has 3 aromatic heterocycles. The van der Waals surface area contributed by atoms with Gasteiger partial charge in [0.15, 0.2) is 5.82 Å². The zero-order valence-electron chi connectivity index (χ0n) is 15.7. The number of hydrogen-bond donors (Lipinski definition) is 2. The lowest BCUT2D eigenvalue weighted by molar-refractivity contribution is 0.299. The van der Waals surface area contributed by atoms with Crippen molar-refractivity contribution in [1.82, 2.24) is 25.0 Å². The van der Waals surface area contributed by atoms with E-state index in [1.165, 1.54) is 0 Å². The van der Waals surface area contributed by atoms with Crippen molar-refractivity contribution in [2.24, 2.45) is 0 Å². The molecule has 0 amide bonds. The second-order valence-corrected chi connectivity index (χ2v) is 6.86. The second kappa shape index (κ2) is 7.27. The van der Waals surface area contributed by atoms with Gasteiger partial charge in [-0.3, -0.25) is 9.78 Å². The summed E-state index contributed by atoms with van der Waals surface area (Å²) in [6.07, 6.45) is 4.68. The summed E-state index contributed by atoms with van der Waals surface area (Å²) in [7, 11) is 0. The zero-order chi connectivity index (χ0) is 19.6. The first kappa shape index (κ1) is 17.2. The molecule has 0 atom stereocenters. The lowest BCUT2D eigenvalue weighted by Crippen LogP contribution is -2.05. The molecule has 0 aliphatic heterocycles. The molecule has 0 aliphatic rings. The average molecular weight is 384 g/mol. The number of pyridine rings is 1. The molecule has 0 aliphatic carbocycles. The molecule has 0 saturated heterocycles. The van der Waals surface area contributed by atoms with E-state index in [-0.39, 0.29) is 0 Å². The van der Waals surface area contributed by atoms with Crippen molar-refractivity contribution < 1.29 is 4.74 Å². The molecule has 7 heteroatoms. The molecule has 3 heterocycles. The number of aromatic amines is 1. The van der Waals surface area contributed by atoms with Crippen molar-refractivity contribution in [3.63, 3.8) is 0 Å². The Kier molecular flexibility index (Phi) is 4.32. The van der Waals surface area contributed by atoms with E-state index in [4.69, 9.17) is 10.5 Å². The van der Waals surface area contributed by atoms with Gasteiger partial charge in [-0.15, -0.1) is 0 Å². The van der Waals surface area contributed by atoms with Crippen molar-refractivity contribution in [2.75, 3.05) is 12.3 Å². The molecule has 0 spiro atoms. The van der Waals surface area contributed by atoms with Crippen LogP contribution >= 0.6 is 0 Å². The number of aryl methyl sites for hydroxylation is 1. The molecule has 144 valence electrons. The number of benzene rings is 2. The minimum atomic E-state index is 0.436. The largest absolute Gasteiger partial charge is 0.494 e. The maximum absolute atomic E-state index is 6.20. The summed E-state index contributed by atoms with van der Waals surface area (Å²) in [5, 5.41) is 13.7. The van der Waals surface area contributed by atoms with Gasteiger partial charge in [0, 0.05) is 41.7 Å². The molecule has 2 aromatic carbocycles. The topological polar surface area (TPSA) is 94.6 Å². The maximum atomic E-state index is 6.20. The monoisotopic (exact) mass is 384 g/mol. The smallest absolute Gasteiger partial charge is 0.152 e. The van der Waals surface area contributed by atoms with Crippen LogP contribution in [0.15, 0.2) is 67.0 Å².